The molecule has 0 aliphatic carbocycles. The van der Waals surface area contributed by atoms with E-state index < -0.39 is 56.9 Å². The van der Waals surface area contributed by atoms with E-state index in [0.29, 0.717) is 15.9 Å². The zero-order chi connectivity index (χ0) is 27.4. The summed E-state index contributed by atoms with van der Waals surface area (Å²) < 4.78 is 65.7. The minimum absolute atomic E-state index is 0.205. The SMILES string of the molecule is CCNC(=O)[C@@H](C)N(Cc1c(Cl)cccc1Cl)C(=O)CN(c1ccc(Cl)c(C(F)(F)F)c1)S(C)(=O)=O. The maximum Gasteiger partial charge on any atom is 0.417 e. The third kappa shape index (κ3) is 7.41. The number of rotatable bonds is 9. The molecule has 0 bridgehead atoms. The van der Waals surface area contributed by atoms with E-state index in [2.05, 4.69) is 5.32 Å². The van der Waals surface area contributed by atoms with Gasteiger partial charge in [0.1, 0.15) is 12.6 Å². The van der Waals surface area contributed by atoms with Crippen molar-refractivity contribution in [3.05, 3.63) is 62.6 Å². The van der Waals surface area contributed by atoms with Gasteiger partial charge in [-0.2, -0.15) is 13.2 Å². The average Bonchev–Trinajstić information content (AvgIpc) is 2.76. The number of benzene rings is 2. The molecule has 2 aromatic carbocycles. The number of hydrogen-bond donors (Lipinski definition) is 1. The Balaban J connectivity index is 2.53. The van der Waals surface area contributed by atoms with Crippen molar-refractivity contribution in [1.29, 1.82) is 0 Å². The smallest absolute Gasteiger partial charge is 0.355 e. The van der Waals surface area contributed by atoms with Crippen molar-refractivity contribution in [2.75, 3.05) is 23.7 Å². The average molecular weight is 589 g/mol. The first-order chi connectivity index (χ1) is 16.6. The molecule has 2 rings (SSSR count). The standard InChI is InChI=1S/C22H23Cl3F3N3O4S/c1-4-29-21(33)13(2)30(11-15-17(23)6-5-7-18(15)24)20(32)12-31(36(3,34)35)14-8-9-19(25)16(10-14)22(26,27)28/h5-10,13H,4,11-12H2,1-3H3,(H,29,33)/t13-/m1/s1. The van der Waals surface area contributed by atoms with E-state index in [1.807, 2.05) is 0 Å². The molecule has 0 unspecified atom stereocenters. The van der Waals surface area contributed by atoms with Gasteiger partial charge >= 0.3 is 6.18 Å². The van der Waals surface area contributed by atoms with Gasteiger partial charge in [0.2, 0.25) is 21.8 Å². The van der Waals surface area contributed by atoms with E-state index in [1.54, 1.807) is 13.0 Å². The highest BCUT2D eigenvalue weighted by Crippen LogP contribution is 2.37. The Morgan fingerprint density at radius 1 is 1.06 bits per heavy atom. The van der Waals surface area contributed by atoms with E-state index in [4.69, 9.17) is 34.8 Å². The molecule has 0 aliphatic rings. The highest BCUT2D eigenvalue weighted by atomic mass is 35.5. The molecule has 0 aliphatic heterocycles. The number of nitrogens with zero attached hydrogens (tertiary/aromatic N) is 2. The van der Waals surface area contributed by atoms with Gasteiger partial charge in [-0.3, -0.25) is 13.9 Å². The number of anilines is 1. The first-order valence-corrected chi connectivity index (χ1v) is 13.4. The van der Waals surface area contributed by atoms with Gasteiger partial charge < -0.3 is 10.2 Å². The first-order valence-electron chi connectivity index (χ1n) is 10.4. The summed E-state index contributed by atoms with van der Waals surface area (Å²) in [6.45, 7) is 2.19. The van der Waals surface area contributed by atoms with Gasteiger partial charge in [0, 0.05) is 28.7 Å². The Morgan fingerprint density at radius 3 is 2.14 bits per heavy atom. The van der Waals surface area contributed by atoms with Crippen molar-refractivity contribution in [2.45, 2.75) is 32.6 Å². The van der Waals surface area contributed by atoms with Crippen LogP contribution in [-0.4, -0.2) is 50.5 Å². The highest BCUT2D eigenvalue weighted by Gasteiger charge is 2.35. The number of amides is 2. The number of sulfonamides is 1. The van der Waals surface area contributed by atoms with Crippen LogP contribution in [-0.2, 0) is 32.3 Å². The maximum absolute atomic E-state index is 13.4. The van der Waals surface area contributed by atoms with Crippen molar-refractivity contribution in [1.82, 2.24) is 10.2 Å². The number of likely N-dealkylation sites (N-methyl/N-ethyl adjacent to an activating group) is 1. The number of carbonyl (C=O) groups excluding carboxylic acids is 2. The fourth-order valence-electron chi connectivity index (χ4n) is 3.26. The van der Waals surface area contributed by atoms with Crippen molar-refractivity contribution >= 4 is 62.3 Å². The Labute approximate surface area is 222 Å². The summed E-state index contributed by atoms with van der Waals surface area (Å²) in [4.78, 5) is 27.0. The van der Waals surface area contributed by atoms with Gasteiger partial charge in [0.25, 0.3) is 0 Å². The Morgan fingerprint density at radius 2 is 1.64 bits per heavy atom. The normalized spacial score (nSPS) is 12.7. The second-order valence-electron chi connectivity index (χ2n) is 7.72. The quantitative estimate of drug-likeness (QED) is 0.448. The number of carbonyl (C=O) groups is 2. The van der Waals surface area contributed by atoms with Crippen LogP contribution in [0.1, 0.15) is 25.0 Å². The lowest BCUT2D eigenvalue weighted by molar-refractivity contribution is -0.139. The molecule has 198 valence electrons. The Bertz CT molecular complexity index is 1220. The van der Waals surface area contributed by atoms with E-state index in [1.165, 1.54) is 19.1 Å². The molecule has 0 fully saturated rings. The second kappa shape index (κ2) is 11.9. The van der Waals surface area contributed by atoms with Crippen LogP contribution in [0.2, 0.25) is 15.1 Å². The zero-order valence-electron chi connectivity index (χ0n) is 19.4. The summed E-state index contributed by atoms with van der Waals surface area (Å²) in [5.74, 6) is -1.41. The monoisotopic (exact) mass is 587 g/mol. The van der Waals surface area contributed by atoms with Crippen molar-refractivity contribution in [3.8, 4) is 0 Å². The van der Waals surface area contributed by atoms with E-state index >= 15 is 0 Å². The molecule has 0 saturated carbocycles. The Hall–Kier alpha value is -2.21. The Kier molecular flexibility index (Phi) is 9.91. The molecular formula is C22H23Cl3F3N3O4S. The molecule has 2 amide bonds. The number of nitrogens with one attached hydrogen (secondary N) is 1. The van der Waals surface area contributed by atoms with Crippen molar-refractivity contribution < 1.29 is 31.2 Å². The van der Waals surface area contributed by atoms with Gasteiger partial charge in [0.05, 0.1) is 22.5 Å². The minimum atomic E-state index is -4.86. The molecule has 0 aromatic heterocycles. The first kappa shape index (κ1) is 30.0. The molecule has 2 aromatic rings. The minimum Gasteiger partial charge on any atom is -0.355 e. The topological polar surface area (TPSA) is 86.8 Å². The summed E-state index contributed by atoms with van der Waals surface area (Å²) in [5, 5.41) is 2.35. The van der Waals surface area contributed by atoms with E-state index in [9.17, 15) is 31.2 Å². The second-order valence-corrected chi connectivity index (χ2v) is 10.9. The lowest BCUT2D eigenvalue weighted by atomic mass is 10.1. The summed E-state index contributed by atoms with van der Waals surface area (Å²) in [6, 6.07) is 6.02. The van der Waals surface area contributed by atoms with Crippen LogP contribution in [0, 0.1) is 0 Å². The maximum atomic E-state index is 13.4. The summed E-state index contributed by atoms with van der Waals surface area (Å²) in [5.41, 5.74) is -1.38. The van der Waals surface area contributed by atoms with Crippen LogP contribution in [0.3, 0.4) is 0 Å². The van der Waals surface area contributed by atoms with Crippen LogP contribution in [0.4, 0.5) is 18.9 Å². The molecular weight excluding hydrogens is 566 g/mol. The lowest BCUT2D eigenvalue weighted by Crippen LogP contribution is -2.51. The fourth-order valence-corrected chi connectivity index (χ4v) is 4.84. The predicted molar refractivity (Wildman–Crippen MR) is 134 cm³/mol. The molecule has 0 radical (unpaired) electrons. The van der Waals surface area contributed by atoms with Crippen LogP contribution < -0.4 is 9.62 Å². The fraction of sp³-hybridized carbons (Fsp3) is 0.364. The lowest BCUT2D eigenvalue weighted by Gasteiger charge is -2.32. The molecule has 7 nitrogen and oxygen atoms in total. The number of hydrogen-bond acceptors (Lipinski definition) is 4. The highest BCUT2D eigenvalue weighted by molar-refractivity contribution is 7.92. The third-order valence-electron chi connectivity index (χ3n) is 5.13. The molecule has 1 N–H and O–H groups in total. The van der Waals surface area contributed by atoms with Gasteiger partial charge in [-0.1, -0.05) is 40.9 Å². The van der Waals surface area contributed by atoms with Gasteiger partial charge in [-0.25, -0.2) is 8.42 Å². The van der Waals surface area contributed by atoms with Crippen LogP contribution >= 0.6 is 34.8 Å². The molecule has 0 spiro atoms. The van der Waals surface area contributed by atoms with Crippen LogP contribution in [0.25, 0.3) is 0 Å². The predicted octanol–water partition coefficient (Wildman–Crippen LogP) is 4.99. The zero-order valence-corrected chi connectivity index (χ0v) is 22.5. The molecule has 36 heavy (non-hydrogen) atoms. The summed E-state index contributed by atoms with van der Waals surface area (Å²) in [7, 11) is -4.24. The molecule has 0 heterocycles. The molecule has 1 atom stereocenters. The van der Waals surface area contributed by atoms with Crippen LogP contribution in [0.15, 0.2) is 36.4 Å². The largest absolute Gasteiger partial charge is 0.417 e. The summed E-state index contributed by atoms with van der Waals surface area (Å²) >= 11 is 18.1. The van der Waals surface area contributed by atoms with Crippen molar-refractivity contribution in [3.63, 3.8) is 0 Å². The van der Waals surface area contributed by atoms with E-state index in [-0.39, 0.29) is 23.1 Å². The van der Waals surface area contributed by atoms with Crippen LogP contribution in [0.5, 0.6) is 0 Å². The summed E-state index contributed by atoms with van der Waals surface area (Å²) in [6.07, 6.45) is -4.12. The molecule has 0 saturated heterocycles. The number of alkyl halides is 3. The third-order valence-corrected chi connectivity index (χ3v) is 7.31. The van der Waals surface area contributed by atoms with E-state index in [0.717, 1.165) is 23.3 Å². The van der Waals surface area contributed by atoms with Gasteiger partial charge in [0.15, 0.2) is 0 Å². The van der Waals surface area contributed by atoms with Gasteiger partial charge in [-0.15, -0.1) is 0 Å². The number of halogens is 6. The van der Waals surface area contributed by atoms with Crippen molar-refractivity contribution in [2.24, 2.45) is 0 Å². The van der Waals surface area contributed by atoms with Gasteiger partial charge in [-0.05, 0) is 44.2 Å². The molecule has 14 heteroatoms.